The van der Waals surface area contributed by atoms with E-state index in [0.29, 0.717) is 5.56 Å². The quantitative estimate of drug-likeness (QED) is 0.479. The monoisotopic (exact) mass is 244 g/mol. The predicted molar refractivity (Wildman–Crippen MR) is 69.1 cm³/mol. The molecule has 0 radical (unpaired) electrons. The molecule has 0 bridgehead atoms. The van der Waals surface area contributed by atoms with Crippen molar-refractivity contribution < 1.29 is 9.90 Å². The molecule has 0 saturated heterocycles. The number of aromatic hydroxyl groups is 1. The Labute approximate surface area is 103 Å². The number of hydrogen-bond acceptors (Lipinski definition) is 4. The first kappa shape index (κ1) is 11.7. The summed E-state index contributed by atoms with van der Waals surface area (Å²) in [5, 5.41) is 15.4. The molecule has 2 rings (SSSR count). The molecule has 6 heteroatoms. The number of hydrazone groups is 1. The number of benzene rings is 2. The highest BCUT2D eigenvalue weighted by atomic mass is 16.3. The summed E-state index contributed by atoms with van der Waals surface area (Å²) < 4.78 is 0. The van der Waals surface area contributed by atoms with E-state index in [2.05, 4.69) is 16.1 Å². The molecule has 92 valence electrons. The molecular formula is C12H12N4O2. The Morgan fingerprint density at radius 1 is 1.28 bits per heavy atom. The fraction of sp³-hybridized carbons (Fsp3) is 0. The number of carbonyl (C=O) groups is 1. The summed E-state index contributed by atoms with van der Waals surface area (Å²) in [6.45, 7) is 0. The molecule has 0 aromatic heterocycles. The zero-order valence-electron chi connectivity index (χ0n) is 9.42. The summed E-state index contributed by atoms with van der Waals surface area (Å²) in [6, 6.07) is 10.2. The number of nitrogens with one attached hydrogen (secondary N) is 2. The van der Waals surface area contributed by atoms with Crippen molar-refractivity contribution in [2.45, 2.75) is 0 Å². The van der Waals surface area contributed by atoms with Gasteiger partial charge in [-0.25, -0.2) is 15.8 Å². The third-order valence-electron chi connectivity index (χ3n) is 2.38. The third-order valence-corrected chi connectivity index (χ3v) is 2.38. The average molecular weight is 244 g/mol. The lowest BCUT2D eigenvalue weighted by molar-refractivity contribution is 0.245. The second kappa shape index (κ2) is 5.05. The zero-order valence-corrected chi connectivity index (χ0v) is 9.42. The standard InChI is InChI=1S/C12H12N4O2/c13-12(18)15-16-14-7-10-9-4-2-1-3-8(9)5-6-11(10)17/h1-7,16-17H,(H3,13,15,18). The van der Waals surface area contributed by atoms with E-state index in [4.69, 9.17) is 5.73 Å². The summed E-state index contributed by atoms with van der Waals surface area (Å²) >= 11 is 0. The van der Waals surface area contributed by atoms with Crippen LogP contribution in [0.4, 0.5) is 4.79 Å². The van der Waals surface area contributed by atoms with E-state index in [1.165, 1.54) is 6.21 Å². The minimum atomic E-state index is -0.741. The molecular weight excluding hydrogens is 232 g/mol. The Balaban J connectivity index is 2.31. The highest BCUT2D eigenvalue weighted by Gasteiger charge is 2.03. The summed E-state index contributed by atoms with van der Waals surface area (Å²) in [5.74, 6) is 0.110. The zero-order chi connectivity index (χ0) is 13.0. The van der Waals surface area contributed by atoms with Gasteiger partial charge in [0.15, 0.2) is 0 Å². The third kappa shape index (κ3) is 2.49. The summed E-state index contributed by atoms with van der Waals surface area (Å²) in [6.07, 6.45) is 1.41. The van der Waals surface area contributed by atoms with Gasteiger partial charge in [-0.1, -0.05) is 30.3 Å². The van der Waals surface area contributed by atoms with E-state index in [0.717, 1.165) is 10.8 Å². The van der Waals surface area contributed by atoms with Crippen LogP contribution in [-0.4, -0.2) is 17.4 Å². The topological polar surface area (TPSA) is 99.7 Å². The smallest absolute Gasteiger partial charge is 0.332 e. The number of primary amides is 1. The van der Waals surface area contributed by atoms with Crippen molar-refractivity contribution in [2.24, 2.45) is 10.8 Å². The molecule has 0 fully saturated rings. The van der Waals surface area contributed by atoms with E-state index >= 15 is 0 Å². The van der Waals surface area contributed by atoms with Gasteiger partial charge in [0.25, 0.3) is 0 Å². The Kier molecular flexibility index (Phi) is 3.29. The van der Waals surface area contributed by atoms with Gasteiger partial charge in [-0.05, 0) is 16.8 Å². The first-order valence-electron chi connectivity index (χ1n) is 5.22. The molecule has 6 nitrogen and oxygen atoms in total. The lowest BCUT2D eigenvalue weighted by Gasteiger charge is -2.04. The van der Waals surface area contributed by atoms with Gasteiger partial charge in [0.1, 0.15) is 5.75 Å². The van der Waals surface area contributed by atoms with Crippen LogP contribution >= 0.6 is 0 Å². The molecule has 0 saturated carbocycles. The Morgan fingerprint density at radius 2 is 2.06 bits per heavy atom. The molecule has 0 aliphatic rings. The van der Waals surface area contributed by atoms with Crippen LogP contribution in [0.1, 0.15) is 5.56 Å². The van der Waals surface area contributed by atoms with Crippen molar-refractivity contribution in [3.05, 3.63) is 42.0 Å². The van der Waals surface area contributed by atoms with E-state index in [1.54, 1.807) is 6.07 Å². The van der Waals surface area contributed by atoms with Crippen molar-refractivity contribution in [1.29, 1.82) is 0 Å². The second-order valence-electron chi connectivity index (χ2n) is 3.58. The first-order valence-corrected chi connectivity index (χ1v) is 5.22. The molecule has 2 amide bonds. The highest BCUT2D eigenvalue weighted by Crippen LogP contribution is 2.25. The molecule has 0 atom stereocenters. The van der Waals surface area contributed by atoms with Crippen molar-refractivity contribution >= 4 is 23.0 Å². The van der Waals surface area contributed by atoms with Crippen LogP contribution in [0.2, 0.25) is 0 Å². The van der Waals surface area contributed by atoms with Crippen LogP contribution in [0.15, 0.2) is 41.5 Å². The number of carbonyl (C=O) groups excluding carboxylic acids is 1. The second-order valence-corrected chi connectivity index (χ2v) is 3.58. The number of nitrogens with two attached hydrogens (primary N) is 1. The van der Waals surface area contributed by atoms with Gasteiger partial charge >= 0.3 is 6.03 Å². The summed E-state index contributed by atoms with van der Waals surface area (Å²) in [4.78, 5) is 10.4. The molecule has 0 heterocycles. The van der Waals surface area contributed by atoms with Crippen LogP contribution in [-0.2, 0) is 0 Å². The molecule has 0 aliphatic heterocycles. The van der Waals surface area contributed by atoms with Crippen LogP contribution in [0.3, 0.4) is 0 Å². The van der Waals surface area contributed by atoms with Gasteiger partial charge in [0, 0.05) is 5.56 Å². The molecule has 0 aliphatic carbocycles. The number of amides is 2. The van der Waals surface area contributed by atoms with Gasteiger partial charge in [-0.2, -0.15) is 5.10 Å². The lowest BCUT2D eigenvalue weighted by atomic mass is 10.0. The number of fused-ring (bicyclic) bond motifs is 1. The van der Waals surface area contributed by atoms with Crippen LogP contribution in [0.5, 0.6) is 5.75 Å². The molecule has 0 unspecified atom stereocenters. The normalized spacial score (nSPS) is 10.7. The maximum atomic E-state index is 10.4. The van der Waals surface area contributed by atoms with E-state index in [1.807, 2.05) is 30.3 Å². The van der Waals surface area contributed by atoms with Gasteiger partial charge in [0.05, 0.1) is 6.21 Å². The molecule has 2 aromatic carbocycles. The number of phenols is 1. The number of hydrogen-bond donors (Lipinski definition) is 4. The summed E-state index contributed by atoms with van der Waals surface area (Å²) in [5.41, 5.74) is 9.77. The lowest BCUT2D eigenvalue weighted by Crippen LogP contribution is -2.37. The first-order chi connectivity index (χ1) is 8.68. The van der Waals surface area contributed by atoms with Crippen LogP contribution < -0.4 is 16.7 Å². The van der Waals surface area contributed by atoms with Crippen LogP contribution in [0, 0.1) is 0 Å². The van der Waals surface area contributed by atoms with Crippen LogP contribution in [0.25, 0.3) is 10.8 Å². The maximum absolute atomic E-state index is 10.4. The van der Waals surface area contributed by atoms with E-state index < -0.39 is 6.03 Å². The fourth-order valence-corrected chi connectivity index (χ4v) is 1.60. The maximum Gasteiger partial charge on any atom is 0.332 e. The van der Waals surface area contributed by atoms with Crippen molar-refractivity contribution in [3.8, 4) is 5.75 Å². The van der Waals surface area contributed by atoms with Gasteiger partial charge < -0.3 is 10.8 Å². The Hall–Kier alpha value is -2.76. The Morgan fingerprint density at radius 3 is 2.83 bits per heavy atom. The number of urea groups is 1. The van der Waals surface area contributed by atoms with Gasteiger partial charge in [0.2, 0.25) is 0 Å². The number of rotatable bonds is 3. The minimum Gasteiger partial charge on any atom is -0.507 e. The van der Waals surface area contributed by atoms with E-state index in [9.17, 15) is 9.90 Å². The molecule has 0 spiro atoms. The number of phenolic OH excluding ortho intramolecular Hbond substituents is 1. The van der Waals surface area contributed by atoms with Gasteiger partial charge in [-0.3, -0.25) is 0 Å². The van der Waals surface area contributed by atoms with Crippen molar-refractivity contribution in [2.75, 3.05) is 0 Å². The van der Waals surface area contributed by atoms with Crippen molar-refractivity contribution in [1.82, 2.24) is 11.0 Å². The number of hydrazine groups is 1. The predicted octanol–water partition coefficient (Wildman–Crippen LogP) is 1.05. The fourth-order valence-electron chi connectivity index (χ4n) is 1.60. The molecule has 18 heavy (non-hydrogen) atoms. The summed E-state index contributed by atoms with van der Waals surface area (Å²) in [7, 11) is 0. The SMILES string of the molecule is NC(=O)NNN=Cc1c(O)ccc2ccccc12. The average Bonchev–Trinajstić information content (AvgIpc) is 2.36. The highest BCUT2D eigenvalue weighted by molar-refractivity contribution is 6.02. The minimum absolute atomic E-state index is 0.110. The Bertz CT molecular complexity index is 610. The molecule has 2 aromatic rings. The number of nitrogens with zero attached hydrogens (tertiary/aromatic N) is 1. The van der Waals surface area contributed by atoms with Crippen molar-refractivity contribution in [3.63, 3.8) is 0 Å². The van der Waals surface area contributed by atoms with E-state index in [-0.39, 0.29) is 5.75 Å². The molecule has 5 N–H and O–H groups in total. The largest absolute Gasteiger partial charge is 0.507 e. The van der Waals surface area contributed by atoms with Gasteiger partial charge in [-0.15, -0.1) is 0 Å².